The average molecular weight is 316 g/mol. The summed E-state index contributed by atoms with van der Waals surface area (Å²) in [5.41, 5.74) is 1.56. The maximum absolute atomic E-state index is 10.7. The molecule has 2 aromatic rings. The van der Waals surface area contributed by atoms with Crippen molar-refractivity contribution in [2.45, 2.75) is 32.7 Å². The number of anilines is 1. The number of nitrogens with zero attached hydrogens (tertiary/aromatic N) is 3. The molecule has 1 aromatic heterocycles. The summed E-state index contributed by atoms with van der Waals surface area (Å²) in [6.07, 6.45) is 1.52. The van der Waals surface area contributed by atoms with Gasteiger partial charge in [-0.1, -0.05) is 6.92 Å². The number of non-ortho nitro benzene ring substituents is 1. The summed E-state index contributed by atoms with van der Waals surface area (Å²) in [6, 6.07) is 8.14. The lowest BCUT2D eigenvalue weighted by Gasteiger charge is -2.17. The maximum Gasteiger partial charge on any atom is 0.269 e. The molecule has 1 heterocycles. The molecule has 0 bridgehead atoms. The average Bonchev–Trinajstić information content (AvgIpc) is 2.54. The first-order valence-electron chi connectivity index (χ1n) is 7.51. The van der Waals surface area contributed by atoms with Crippen LogP contribution in [-0.2, 0) is 0 Å². The third kappa shape index (κ3) is 4.46. The molecule has 1 aromatic carbocycles. The van der Waals surface area contributed by atoms with Gasteiger partial charge < -0.3 is 10.4 Å². The summed E-state index contributed by atoms with van der Waals surface area (Å²) in [5.74, 6) is 1.20. The van der Waals surface area contributed by atoms with Gasteiger partial charge in [-0.3, -0.25) is 10.1 Å². The van der Waals surface area contributed by atoms with Crippen LogP contribution in [0.15, 0.2) is 30.3 Å². The van der Waals surface area contributed by atoms with Crippen LogP contribution in [0, 0.1) is 17.0 Å². The van der Waals surface area contributed by atoms with E-state index >= 15 is 0 Å². The zero-order chi connectivity index (χ0) is 16.8. The molecule has 23 heavy (non-hydrogen) atoms. The number of hydrogen-bond acceptors (Lipinski definition) is 6. The fraction of sp³-hybridized carbons (Fsp3) is 0.375. The van der Waals surface area contributed by atoms with E-state index in [9.17, 15) is 10.1 Å². The van der Waals surface area contributed by atoms with Crippen LogP contribution >= 0.6 is 0 Å². The molecule has 0 saturated carbocycles. The Hall–Kier alpha value is -2.54. The third-order valence-electron chi connectivity index (χ3n) is 3.51. The molecule has 0 aliphatic rings. The largest absolute Gasteiger partial charge is 0.396 e. The lowest BCUT2D eigenvalue weighted by atomic mass is 10.1. The molecule has 1 unspecified atom stereocenters. The van der Waals surface area contributed by atoms with Crippen molar-refractivity contribution in [1.82, 2.24) is 9.97 Å². The number of benzene rings is 1. The molecule has 1 atom stereocenters. The topological polar surface area (TPSA) is 101 Å². The SMILES string of the molecule is CCC(CCO)Nc1cc(C)nc(-c2ccc([N+](=O)[O-])cc2)n1. The minimum atomic E-state index is -0.436. The molecule has 0 aliphatic carbocycles. The van der Waals surface area contributed by atoms with Crippen molar-refractivity contribution in [2.75, 3.05) is 11.9 Å². The molecule has 2 N–H and O–H groups in total. The van der Waals surface area contributed by atoms with Crippen LogP contribution in [0.1, 0.15) is 25.5 Å². The van der Waals surface area contributed by atoms with Gasteiger partial charge >= 0.3 is 0 Å². The van der Waals surface area contributed by atoms with E-state index in [1.165, 1.54) is 12.1 Å². The Morgan fingerprint density at radius 2 is 2.00 bits per heavy atom. The number of aliphatic hydroxyl groups is 1. The second-order valence-corrected chi connectivity index (χ2v) is 5.28. The smallest absolute Gasteiger partial charge is 0.269 e. The van der Waals surface area contributed by atoms with E-state index in [0.29, 0.717) is 18.1 Å². The highest BCUT2D eigenvalue weighted by atomic mass is 16.6. The van der Waals surface area contributed by atoms with E-state index in [1.54, 1.807) is 12.1 Å². The molecular formula is C16H20N4O3. The third-order valence-corrected chi connectivity index (χ3v) is 3.51. The fourth-order valence-corrected chi connectivity index (χ4v) is 2.25. The number of nitrogens with one attached hydrogen (secondary N) is 1. The Balaban J connectivity index is 2.27. The molecule has 0 amide bonds. The molecule has 0 aliphatic heterocycles. The minimum Gasteiger partial charge on any atom is -0.396 e. The van der Waals surface area contributed by atoms with Gasteiger partial charge in [-0.2, -0.15) is 0 Å². The van der Waals surface area contributed by atoms with Crippen LogP contribution in [0.2, 0.25) is 0 Å². The highest BCUT2D eigenvalue weighted by Gasteiger charge is 2.11. The van der Waals surface area contributed by atoms with Gasteiger partial charge in [0.15, 0.2) is 5.82 Å². The summed E-state index contributed by atoms with van der Waals surface area (Å²) in [6.45, 7) is 4.03. The lowest BCUT2D eigenvalue weighted by molar-refractivity contribution is -0.384. The molecular weight excluding hydrogens is 296 g/mol. The van der Waals surface area contributed by atoms with Crippen molar-refractivity contribution in [2.24, 2.45) is 0 Å². The number of aliphatic hydroxyl groups excluding tert-OH is 1. The van der Waals surface area contributed by atoms with Gasteiger partial charge in [0.1, 0.15) is 5.82 Å². The molecule has 0 saturated heterocycles. The van der Waals surface area contributed by atoms with Crippen molar-refractivity contribution >= 4 is 11.5 Å². The number of rotatable bonds is 7. The van der Waals surface area contributed by atoms with E-state index in [2.05, 4.69) is 15.3 Å². The van der Waals surface area contributed by atoms with Crippen LogP contribution in [0.25, 0.3) is 11.4 Å². The Labute approximate surface area is 134 Å². The number of aromatic nitrogens is 2. The monoisotopic (exact) mass is 316 g/mol. The van der Waals surface area contributed by atoms with Crippen LogP contribution in [-0.4, -0.2) is 32.6 Å². The zero-order valence-electron chi connectivity index (χ0n) is 13.2. The Morgan fingerprint density at radius 1 is 1.30 bits per heavy atom. The highest BCUT2D eigenvalue weighted by Crippen LogP contribution is 2.21. The molecule has 0 fully saturated rings. The molecule has 122 valence electrons. The quantitative estimate of drug-likeness (QED) is 0.601. The van der Waals surface area contributed by atoms with Crippen molar-refractivity contribution in [3.63, 3.8) is 0 Å². The van der Waals surface area contributed by atoms with Crippen LogP contribution in [0.4, 0.5) is 11.5 Å². The van der Waals surface area contributed by atoms with E-state index in [0.717, 1.165) is 17.7 Å². The molecule has 0 spiro atoms. The maximum atomic E-state index is 10.7. The minimum absolute atomic E-state index is 0.0359. The van der Waals surface area contributed by atoms with E-state index in [4.69, 9.17) is 5.11 Å². The van der Waals surface area contributed by atoms with Crippen molar-refractivity contribution < 1.29 is 10.0 Å². The van der Waals surface area contributed by atoms with Gasteiger partial charge in [0.05, 0.1) is 4.92 Å². The lowest BCUT2D eigenvalue weighted by Crippen LogP contribution is -2.20. The predicted octanol–water partition coefficient (Wildman–Crippen LogP) is 2.93. The van der Waals surface area contributed by atoms with E-state index < -0.39 is 4.92 Å². The van der Waals surface area contributed by atoms with E-state index in [1.807, 2.05) is 19.9 Å². The number of hydrogen-bond donors (Lipinski definition) is 2. The summed E-state index contributed by atoms with van der Waals surface area (Å²) in [7, 11) is 0. The molecule has 2 rings (SSSR count). The van der Waals surface area contributed by atoms with Crippen molar-refractivity contribution in [3.05, 3.63) is 46.1 Å². The highest BCUT2D eigenvalue weighted by molar-refractivity contribution is 5.59. The van der Waals surface area contributed by atoms with Gasteiger partial charge in [-0.25, -0.2) is 9.97 Å². The van der Waals surface area contributed by atoms with Crippen LogP contribution in [0.3, 0.4) is 0 Å². The number of aryl methyl sites for hydroxylation is 1. The first-order chi connectivity index (χ1) is 11.0. The van der Waals surface area contributed by atoms with E-state index in [-0.39, 0.29) is 18.3 Å². The first kappa shape index (κ1) is 16.8. The van der Waals surface area contributed by atoms with Crippen LogP contribution in [0.5, 0.6) is 0 Å². The Morgan fingerprint density at radius 3 is 2.57 bits per heavy atom. The normalized spacial score (nSPS) is 12.0. The standard InChI is InChI=1S/C16H20N4O3/c1-3-13(8-9-21)18-15-10-11(2)17-16(19-15)12-4-6-14(7-5-12)20(22)23/h4-7,10,13,21H,3,8-9H2,1-2H3,(H,17,18,19). The fourth-order valence-electron chi connectivity index (χ4n) is 2.25. The van der Waals surface area contributed by atoms with Gasteiger partial charge in [0.2, 0.25) is 0 Å². The number of nitro groups is 1. The molecule has 0 radical (unpaired) electrons. The Kier molecular flexibility index (Phi) is 5.59. The summed E-state index contributed by atoms with van der Waals surface area (Å²) < 4.78 is 0. The van der Waals surface area contributed by atoms with Gasteiger partial charge in [0.25, 0.3) is 5.69 Å². The summed E-state index contributed by atoms with van der Waals surface area (Å²) in [4.78, 5) is 19.1. The van der Waals surface area contributed by atoms with Crippen LogP contribution < -0.4 is 5.32 Å². The van der Waals surface area contributed by atoms with Gasteiger partial charge in [0, 0.05) is 42.1 Å². The second-order valence-electron chi connectivity index (χ2n) is 5.28. The second kappa shape index (κ2) is 7.64. The summed E-state index contributed by atoms with van der Waals surface area (Å²) >= 11 is 0. The summed E-state index contributed by atoms with van der Waals surface area (Å²) in [5, 5.41) is 23.1. The number of nitro benzene ring substituents is 1. The Bertz CT molecular complexity index is 674. The zero-order valence-corrected chi connectivity index (χ0v) is 13.2. The molecule has 7 nitrogen and oxygen atoms in total. The molecule has 7 heteroatoms. The van der Waals surface area contributed by atoms with Crippen molar-refractivity contribution in [1.29, 1.82) is 0 Å². The van der Waals surface area contributed by atoms with Gasteiger partial charge in [-0.05, 0) is 31.9 Å². The van der Waals surface area contributed by atoms with Crippen molar-refractivity contribution in [3.8, 4) is 11.4 Å². The first-order valence-corrected chi connectivity index (χ1v) is 7.51. The van der Waals surface area contributed by atoms with Gasteiger partial charge in [-0.15, -0.1) is 0 Å². The predicted molar refractivity (Wildman–Crippen MR) is 88.3 cm³/mol.